The molecular formula is C13H23NO3. The van der Waals surface area contributed by atoms with Gasteiger partial charge in [0.2, 0.25) is 0 Å². The van der Waals surface area contributed by atoms with Crippen LogP contribution >= 0.6 is 0 Å². The Morgan fingerprint density at radius 3 is 2.29 bits per heavy atom. The average molecular weight is 241 g/mol. The van der Waals surface area contributed by atoms with Crippen LogP contribution in [0.15, 0.2) is 0 Å². The summed E-state index contributed by atoms with van der Waals surface area (Å²) in [5.41, 5.74) is -0.411. The summed E-state index contributed by atoms with van der Waals surface area (Å²) in [7, 11) is 0. The molecule has 0 radical (unpaired) electrons. The quantitative estimate of drug-likeness (QED) is 0.741. The van der Waals surface area contributed by atoms with Crippen molar-refractivity contribution in [1.29, 1.82) is 0 Å². The molecule has 0 aromatic heterocycles. The number of ether oxygens (including phenoxy) is 1. The number of nitrogens with zero attached hydrogens (tertiary/aromatic N) is 1. The highest BCUT2D eigenvalue weighted by Crippen LogP contribution is 2.35. The summed E-state index contributed by atoms with van der Waals surface area (Å²) in [6, 6.07) is 0.743. The molecule has 4 heteroatoms. The Kier molecular flexibility index (Phi) is 3.46. The molecule has 0 aromatic rings. The van der Waals surface area contributed by atoms with Crippen molar-refractivity contribution in [2.45, 2.75) is 70.2 Å². The lowest BCUT2D eigenvalue weighted by Crippen LogP contribution is -2.47. The van der Waals surface area contributed by atoms with Gasteiger partial charge in [0.05, 0.1) is 12.6 Å². The number of aliphatic hydroxyl groups excluding tert-OH is 1. The lowest BCUT2D eigenvalue weighted by molar-refractivity contribution is -0.157. The number of aliphatic hydroxyl groups is 1. The third-order valence-corrected chi connectivity index (χ3v) is 3.59. The third-order valence-electron chi connectivity index (χ3n) is 3.59. The minimum Gasteiger partial charge on any atom is -0.459 e. The molecule has 0 aliphatic carbocycles. The van der Waals surface area contributed by atoms with E-state index in [1.807, 2.05) is 20.8 Å². The molecule has 0 spiro atoms. The van der Waals surface area contributed by atoms with Gasteiger partial charge in [-0.1, -0.05) is 0 Å². The van der Waals surface area contributed by atoms with E-state index in [-0.39, 0.29) is 12.1 Å². The Balaban J connectivity index is 1.90. The number of hydrogen-bond acceptors (Lipinski definition) is 4. The standard InChI is InChI=1S/C13H23NO3/c1-13(2,3)17-12(16)8-14-9-4-5-10(14)7-11(15)6-9/h9-11,15H,4-8H2,1-3H3. The van der Waals surface area contributed by atoms with Crippen LogP contribution in [0.25, 0.3) is 0 Å². The molecular weight excluding hydrogens is 218 g/mol. The molecule has 2 aliphatic heterocycles. The second-order valence-corrected chi connectivity index (χ2v) is 6.27. The van der Waals surface area contributed by atoms with E-state index in [4.69, 9.17) is 4.74 Å². The molecule has 2 bridgehead atoms. The van der Waals surface area contributed by atoms with Gasteiger partial charge < -0.3 is 9.84 Å². The molecule has 1 N–H and O–H groups in total. The minimum atomic E-state index is -0.411. The molecule has 2 saturated heterocycles. The van der Waals surface area contributed by atoms with Crippen molar-refractivity contribution >= 4 is 5.97 Å². The van der Waals surface area contributed by atoms with E-state index in [0.29, 0.717) is 18.6 Å². The van der Waals surface area contributed by atoms with Gasteiger partial charge in [0.25, 0.3) is 0 Å². The SMILES string of the molecule is CC(C)(C)OC(=O)CN1C2CCC1CC(O)C2. The molecule has 2 heterocycles. The number of rotatable bonds is 2. The Hall–Kier alpha value is -0.610. The van der Waals surface area contributed by atoms with Gasteiger partial charge in [-0.15, -0.1) is 0 Å². The zero-order valence-corrected chi connectivity index (χ0v) is 11.0. The van der Waals surface area contributed by atoms with Gasteiger partial charge in [0, 0.05) is 12.1 Å². The highest BCUT2D eigenvalue weighted by atomic mass is 16.6. The van der Waals surface area contributed by atoms with Crippen LogP contribution in [0.5, 0.6) is 0 Å². The molecule has 2 unspecified atom stereocenters. The Morgan fingerprint density at radius 2 is 1.82 bits per heavy atom. The number of carbonyl (C=O) groups excluding carboxylic acids is 1. The fourth-order valence-electron chi connectivity index (χ4n) is 3.03. The summed E-state index contributed by atoms with van der Waals surface area (Å²) in [6.45, 7) is 6.04. The van der Waals surface area contributed by atoms with Gasteiger partial charge in [-0.05, 0) is 46.5 Å². The highest BCUT2D eigenvalue weighted by molar-refractivity contribution is 5.72. The fraction of sp³-hybridized carbons (Fsp3) is 0.923. The van der Waals surface area contributed by atoms with E-state index in [1.165, 1.54) is 0 Å². The van der Waals surface area contributed by atoms with Gasteiger partial charge in [0.1, 0.15) is 5.60 Å². The lowest BCUT2D eigenvalue weighted by Gasteiger charge is -2.36. The summed E-state index contributed by atoms with van der Waals surface area (Å²) in [4.78, 5) is 14.0. The fourth-order valence-corrected chi connectivity index (χ4v) is 3.03. The summed E-state index contributed by atoms with van der Waals surface area (Å²) >= 11 is 0. The maximum Gasteiger partial charge on any atom is 0.320 e. The van der Waals surface area contributed by atoms with Crippen molar-refractivity contribution in [3.05, 3.63) is 0 Å². The molecule has 17 heavy (non-hydrogen) atoms. The molecule has 2 fully saturated rings. The van der Waals surface area contributed by atoms with E-state index >= 15 is 0 Å². The molecule has 2 atom stereocenters. The predicted molar refractivity (Wildman–Crippen MR) is 64.6 cm³/mol. The molecule has 0 saturated carbocycles. The lowest BCUT2D eigenvalue weighted by atomic mass is 10.00. The van der Waals surface area contributed by atoms with Crippen molar-refractivity contribution in [2.24, 2.45) is 0 Å². The van der Waals surface area contributed by atoms with Crippen LogP contribution in [0.3, 0.4) is 0 Å². The number of fused-ring (bicyclic) bond motifs is 2. The zero-order chi connectivity index (χ0) is 12.6. The predicted octanol–water partition coefficient (Wildman–Crippen LogP) is 1.32. The van der Waals surface area contributed by atoms with Crippen molar-refractivity contribution in [3.8, 4) is 0 Å². The van der Waals surface area contributed by atoms with Gasteiger partial charge in [-0.2, -0.15) is 0 Å². The second-order valence-electron chi connectivity index (χ2n) is 6.27. The largest absolute Gasteiger partial charge is 0.459 e. The van der Waals surface area contributed by atoms with Crippen LogP contribution in [0.2, 0.25) is 0 Å². The molecule has 0 aromatic carbocycles. The van der Waals surface area contributed by atoms with Crippen molar-refractivity contribution in [1.82, 2.24) is 4.90 Å². The summed E-state index contributed by atoms with van der Waals surface area (Å²) in [5, 5.41) is 9.69. The first kappa shape index (κ1) is 12.8. The minimum absolute atomic E-state index is 0.147. The van der Waals surface area contributed by atoms with Gasteiger partial charge >= 0.3 is 5.97 Å². The van der Waals surface area contributed by atoms with Crippen LogP contribution < -0.4 is 0 Å². The average Bonchev–Trinajstić information content (AvgIpc) is 2.42. The van der Waals surface area contributed by atoms with E-state index in [0.717, 1.165) is 25.7 Å². The van der Waals surface area contributed by atoms with Crippen LogP contribution in [0.1, 0.15) is 46.5 Å². The Morgan fingerprint density at radius 1 is 1.29 bits per heavy atom. The molecule has 2 rings (SSSR count). The number of piperidine rings is 1. The maximum atomic E-state index is 11.8. The molecule has 2 aliphatic rings. The third kappa shape index (κ3) is 3.19. The van der Waals surface area contributed by atoms with Gasteiger partial charge in [-0.3, -0.25) is 9.69 Å². The highest BCUT2D eigenvalue weighted by Gasteiger charge is 2.41. The van der Waals surface area contributed by atoms with Gasteiger partial charge in [0.15, 0.2) is 0 Å². The van der Waals surface area contributed by atoms with Crippen molar-refractivity contribution in [2.75, 3.05) is 6.54 Å². The van der Waals surface area contributed by atoms with Crippen LogP contribution in [0.4, 0.5) is 0 Å². The normalized spacial score (nSPS) is 33.8. The first-order chi connectivity index (χ1) is 7.85. The monoisotopic (exact) mass is 241 g/mol. The molecule has 98 valence electrons. The first-order valence-corrected chi connectivity index (χ1v) is 6.51. The smallest absolute Gasteiger partial charge is 0.320 e. The maximum absolute atomic E-state index is 11.8. The Bertz CT molecular complexity index is 284. The van der Waals surface area contributed by atoms with E-state index < -0.39 is 5.60 Å². The molecule has 4 nitrogen and oxygen atoms in total. The number of hydrogen-bond donors (Lipinski definition) is 1. The second kappa shape index (κ2) is 4.58. The van der Waals surface area contributed by atoms with Crippen LogP contribution in [0, 0.1) is 0 Å². The van der Waals surface area contributed by atoms with E-state index in [1.54, 1.807) is 0 Å². The van der Waals surface area contributed by atoms with Crippen LogP contribution in [-0.4, -0.2) is 46.3 Å². The zero-order valence-electron chi connectivity index (χ0n) is 11.0. The van der Waals surface area contributed by atoms with Crippen molar-refractivity contribution in [3.63, 3.8) is 0 Å². The number of esters is 1. The summed E-state index contributed by atoms with van der Waals surface area (Å²) in [6.07, 6.45) is 3.63. The van der Waals surface area contributed by atoms with E-state index in [2.05, 4.69) is 4.90 Å². The molecule has 0 amide bonds. The number of carbonyl (C=O) groups is 1. The van der Waals surface area contributed by atoms with Crippen molar-refractivity contribution < 1.29 is 14.6 Å². The van der Waals surface area contributed by atoms with Crippen LogP contribution in [-0.2, 0) is 9.53 Å². The van der Waals surface area contributed by atoms with E-state index in [9.17, 15) is 9.90 Å². The summed E-state index contributed by atoms with van der Waals surface area (Å²) in [5.74, 6) is -0.147. The summed E-state index contributed by atoms with van der Waals surface area (Å²) < 4.78 is 5.35. The first-order valence-electron chi connectivity index (χ1n) is 6.51. The Labute approximate surface area is 103 Å². The topological polar surface area (TPSA) is 49.8 Å². The van der Waals surface area contributed by atoms with Gasteiger partial charge in [-0.25, -0.2) is 0 Å².